The third kappa shape index (κ3) is 4.30. The lowest BCUT2D eigenvalue weighted by Crippen LogP contribution is -2.33. The van der Waals surface area contributed by atoms with E-state index in [4.69, 9.17) is 16.9 Å². The molecule has 0 aromatic heterocycles. The van der Waals surface area contributed by atoms with Crippen LogP contribution in [0.4, 0.5) is 5.69 Å². The van der Waals surface area contributed by atoms with Crippen LogP contribution in [0, 0.1) is 11.3 Å². The van der Waals surface area contributed by atoms with Gasteiger partial charge < -0.3 is 4.90 Å². The van der Waals surface area contributed by atoms with Crippen molar-refractivity contribution in [2.24, 2.45) is 0 Å². The van der Waals surface area contributed by atoms with Gasteiger partial charge in [-0.15, -0.1) is 0 Å². The lowest BCUT2D eigenvalue weighted by Gasteiger charge is -2.22. The number of benzene rings is 2. The standard InChI is InChI=1S/C19H20ClN3O3S/c1-13(2)23(4)27(25,26)16-8-9-18(20)17(11-16)19(24)22(3)15-7-5-6-14(10-15)12-21/h5-11,13H,1-4H3. The number of nitriles is 1. The second-order valence-corrected chi connectivity index (χ2v) is 8.69. The molecule has 0 N–H and O–H groups in total. The summed E-state index contributed by atoms with van der Waals surface area (Å²) in [7, 11) is -0.731. The van der Waals surface area contributed by atoms with E-state index in [9.17, 15) is 13.2 Å². The molecule has 2 aromatic rings. The van der Waals surface area contributed by atoms with Crippen molar-refractivity contribution in [3.63, 3.8) is 0 Å². The van der Waals surface area contributed by atoms with E-state index in [0.29, 0.717) is 11.3 Å². The highest BCUT2D eigenvalue weighted by atomic mass is 35.5. The minimum atomic E-state index is -3.75. The summed E-state index contributed by atoms with van der Waals surface area (Å²) >= 11 is 6.17. The quantitative estimate of drug-likeness (QED) is 0.762. The average molecular weight is 406 g/mol. The van der Waals surface area contributed by atoms with E-state index >= 15 is 0 Å². The lowest BCUT2D eigenvalue weighted by atomic mass is 10.1. The second-order valence-electron chi connectivity index (χ2n) is 6.28. The Kier molecular flexibility index (Phi) is 6.26. The van der Waals surface area contributed by atoms with Gasteiger partial charge in [-0.2, -0.15) is 9.57 Å². The molecule has 0 aliphatic rings. The van der Waals surface area contributed by atoms with Crippen LogP contribution in [0.3, 0.4) is 0 Å². The molecule has 1 amide bonds. The first kappa shape index (κ1) is 20.9. The number of nitrogens with zero attached hydrogens (tertiary/aromatic N) is 3. The molecule has 27 heavy (non-hydrogen) atoms. The molecule has 0 bridgehead atoms. The summed E-state index contributed by atoms with van der Waals surface area (Å²) in [6.07, 6.45) is 0. The van der Waals surface area contributed by atoms with Crippen LogP contribution in [0.2, 0.25) is 5.02 Å². The maximum Gasteiger partial charge on any atom is 0.259 e. The number of carbonyl (C=O) groups is 1. The van der Waals surface area contributed by atoms with Gasteiger partial charge in [-0.25, -0.2) is 8.42 Å². The second kappa shape index (κ2) is 8.09. The molecule has 142 valence electrons. The predicted octanol–water partition coefficient (Wildman–Crippen LogP) is 3.52. The number of anilines is 1. The minimum Gasteiger partial charge on any atom is -0.311 e. The van der Waals surface area contributed by atoms with Crippen LogP contribution in [0.15, 0.2) is 47.4 Å². The van der Waals surface area contributed by atoms with Crippen LogP contribution in [-0.4, -0.2) is 38.8 Å². The summed E-state index contributed by atoms with van der Waals surface area (Å²) in [6, 6.07) is 12.4. The molecule has 0 saturated carbocycles. The largest absolute Gasteiger partial charge is 0.311 e. The van der Waals surface area contributed by atoms with Crippen LogP contribution in [0.25, 0.3) is 0 Å². The highest BCUT2D eigenvalue weighted by Crippen LogP contribution is 2.26. The fourth-order valence-corrected chi connectivity index (χ4v) is 3.95. The van der Waals surface area contributed by atoms with E-state index < -0.39 is 15.9 Å². The zero-order valence-electron chi connectivity index (χ0n) is 15.5. The van der Waals surface area contributed by atoms with E-state index in [1.54, 1.807) is 38.1 Å². The van der Waals surface area contributed by atoms with Crippen LogP contribution < -0.4 is 4.90 Å². The molecule has 0 heterocycles. The van der Waals surface area contributed by atoms with Crippen molar-refractivity contribution in [2.45, 2.75) is 24.8 Å². The molecule has 0 aliphatic carbocycles. The summed E-state index contributed by atoms with van der Waals surface area (Å²) in [4.78, 5) is 14.2. The molecular weight excluding hydrogens is 386 g/mol. The van der Waals surface area contributed by atoms with Crippen molar-refractivity contribution in [2.75, 3.05) is 19.0 Å². The third-order valence-electron chi connectivity index (χ3n) is 4.24. The Morgan fingerprint density at radius 1 is 1.15 bits per heavy atom. The summed E-state index contributed by atoms with van der Waals surface area (Å²) < 4.78 is 26.6. The number of carbonyl (C=O) groups excluding carboxylic acids is 1. The fraction of sp³-hybridized carbons (Fsp3) is 0.263. The normalized spacial score (nSPS) is 11.5. The van der Waals surface area contributed by atoms with Gasteiger partial charge in [-0.05, 0) is 50.2 Å². The van der Waals surface area contributed by atoms with Crippen LogP contribution in [-0.2, 0) is 10.0 Å². The van der Waals surface area contributed by atoms with Crippen LogP contribution in [0.5, 0.6) is 0 Å². The number of hydrogen-bond donors (Lipinski definition) is 0. The summed E-state index contributed by atoms with van der Waals surface area (Å²) in [5.74, 6) is -0.473. The van der Waals surface area contributed by atoms with Crippen LogP contribution in [0.1, 0.15) is 29.8 Å². The lowest BCUT2D eigenvalue weighted by molar-refractivity contribution is 0.0993. The van der Waals surface area contributed by atoms with Gasteiger partial charge in [0.2, 0.25) is 10.0 Å². The first-order valence-electron chi connectivity index (χ1n) is 8.15. The van der Waals surface area contributed by atoms with Crippen LogP contribution >= 0.6 is 11.6 Å². The fourth-order valence-electron chi connectivity index (χ4n) is 2.35. The molecule has 2 aromatic carbocycles. The predicted molar refractivity (Wildman–Crippen MR) is 105 cm³/mol. The van der Waals surface area contributed by atoms with E-state index in [1.807, 2.05) is 6.07 Å². The Hall–Kier alpha value is -2.40. The smallest absolute Gasteiger partial charge is 0.259 e. The Morgan fingerprint density at radius 2 is 1.81 bits per heavy atom. The number of amides is 1. The van der Waals surface area contributed by atoms with Gasteiger partial charge in [-0.1, -0.05) is 17.7 Å². The van der Waals surface area contributed by atoms with Gasteiger partial charge in [-0.3, -0.25) is 4.79 Å². The van der Waals surface area contributed by atoms with Gasteiger partial charge >= 0.3 is 0 Å². The zero-order valence-corrected chi connectivity index (χ0v) is 17.0. The highest BCUT2D eigenvalue weighted by molar-refractivity contribution is 7.89. The zero-order chi connectivity index (χ0) is 20.4. The highest BCUT2D eigenvalue weighted by Gasteiger charge is 2.26. The number of sulfonamides is 1. The first-order chi connectivity index (χ1) is 12.6. The molecule has 0 atom stereocenters. The van der Waals surface area contributed by atoms with Gasteiger partial charge in [0, 0.05) is 25.8 Å². The van der Waals surface area contributed by atoms with Crippen molar-refractivity contribution < 1.29 is 13.2 Å². The van der Waals surface area contributed by atoms with Crippen molar-refractivity contribution in [1.82, 2.24) is 4.31 Å². The molecule has 6 nitrogen and oxygen atoms in total. The van der Waals surface area contributed by atoms with E-state index in [1.165, 1.54) is 41.5 Å². The average Bonchev–Trinajstić information content (AvgIpc) is 2.66. The Morgan fingerprint density at radius 3 is 2.41 bits per heavy atom. The monoisotopic (exact) mass is 405 g/mol. The Balaban J connectivity index is 2.46. The van der Waals surface area contributed by atoms with Crippen molar-refractivity contribution >= 4 is 33.2 Å². The van der Waals surface area contributed by atoms with Gasteiger partial charge in [0.05, 0.1) is 27.1 Å². The summed E-state index contributed by atoms with van der Waals surface area (Å²) in [5.41, 5.74) is 0.982. The molecule has 0 aliphatic heterocycles. The SMILES string of the molecule is CC(C)N(C)S(=O)(=O)c1ccc(Cl)c(C(=O)N(C)c2cccc(C#N)c2)c1. The number of rotatable bonds is 5. The van der Waals surface area contributed by atoms with Crippen molar-refractivity contribution in [3.8, 4) is 6.07 Å². The van der Waals surface area contributed by atoms with E-state index in [2.05, 4.69) is 0 Å². The molecular formula is C19H20ClN3O3S. The maximum absolute atomic E-state index is 12.9. The van der Waals surface area contributed by atoms with E-state index in [0.717, 1.165) is 0 Å². The minimum absolute atomic E-state index is 0.00868. The summed E-state index contributed by atoms with van der Waals surface area (Å²) in [5, 5.41) is 9.17. The molecule has 8 heteroatoms. The molecule has 0 saturated heterocycles. The Bertz CT molecular complexity index is 1010. The molecule has 0 spiro atoms. The van der Waals surface area contributed by atoms with Gasteiger partial charge in [0.15, 0.2) is 0 Å². The van der Waals surface area contributed by atoms with Gasteiger partial charge in [0.25, 0.3) is 5.91 Å². The van der Waals surface area contributed by atoms with Crippen molar-refractivity contribution in [1.29, 1.82) is 5.26 Å². The molecule has 0 radical (unpaired) electrons. The number of halogens is 1. The molecule has 2 rings (SSSR count). The van der Waals surface area contributed by atoms with Crippen molar-refractivity contribution in [3.05, 3.63) is 58.6 Å². The summed E-state index contributed by atoms with van der Waals surface area (Å²) in [6.45, 7) is 3.52. The topological polar surface area (TPSA) is 81.5 Å². The van der Waals surface area contributed by atoms with E-state index in [-0.39, 0.29) is 21.5 Å². The number of hydrogen-bond acceptors (Lipinski definition) is 4. The third-order valence-corrected chi connectivity index (χ3v) is 6.60. The first-order valence-corrected chi connectivity index (χ1v) is 9.97. The van der Waals surface area contributed by atoms with Gasteiger partial charge in [0.1, 0.15) is 0 Å². The Labute approximate surface area is 164 Å². The molecule has 0 unspecified atom stereocenters. The molecule has 0 fully saturated rings. The maximum atomic E-state index is 12.9.